The average Bonchev–Trinajstić information content (AvgIpc) is 2.70. The first-order chi connectivity index (χ1) is 10.0. The zero-order valence-corrected chi connectivity index (χ0v) is 12.9. The second kappa shape index (κ2) is 6.24. The van der Waals surface area contributed by atoms with Crippen LogP contribution in [-0.2, 0) is 0 Å². The van der Waals surface area contributed by atoms with E-state index in [2.05, 4.69) is 30.6 Å². The molecule has 0 amide bonds. The van der Waals surface area contributed by atoms with Gasteiger partial charge in [-0.3, -0.25) is 9.59 Å². The minimum Gasteiger partial charge on any atom is -0.303 e. The third-order valence-electron chi connectivity index (χ3n) is 4.11. The van der Waals surface area contributed by atoms with Gasteiger partial charge in [-0.25, -0.2) is 0 Å². The lowest BCUT2D eigenvalue weighted by molar-refractivity contribution is 0.0790. The van der Waals surface area contributed by atoms with Crippen LogP contribution in [-0.4, -0.2) is 36.1 Å². The van der Waals surface area contributed by atoms with Crippen LogP contribution in [0.1, 0.15) is 47.9 Å². The summed E-state index contributed by atoms with van der Waals surface area (Å²) in [6, 6.07) is 6.98. The Kier molecular flexibility index (Phi) is 4.59. The first kappa shape index (κ1) is 15.5. The highest BCUT2D eigenvalue weighted by Gasteiger charge is 2.48. The van der Waals surface area contributed by atoms with Crippen molar-refractivity contribution in [1.29, 1.82) is 0 Å². The molecule has 3 heteroatoms. The standard InChI is InChI=1S/C18H21NO2/c1-4-19(5-2)13-9-8-12-18(3)16(20)14-10-6-7-11-15(14)17(18)21/h6-7,10-11H,4-5,9,13H2,1-3H3. The SMILES string of the molecule is CCN(CC)CCC#CC1(C)C(=O)c2ccccc2C1=O. The molecule has 0 saturated carbocycles. The number of hydrogen-bond donors (Lipinski definition) is 0. The van der Waals surface area contributed by atoms with E-state index < -0.39 is 5.41 Å². The Morgan fingerprint density at radius 3 is 2.05 bits per heavy atom. The van der Waals surface area contributed by atoms with Gasteiger partial charge in [0.2, 0.25) is 0 Å². The molecule has 2 rings (SSSR count). The number of carbonyl (C=O) groups excluding carboxylic acids is 2. The van der Waals surface area contributed by atoms with E-state index in [1.165, 1.54) is 0 Å². The molecule has 0 radical (unpaired) electrons. The molecule has 1 aliphatic carbocycles. The van der Waals surface area contributed by atoms with E-state index in [0.717, 1.165) is 19.6 Å². The maximum Gasteiger partial charge on any atom is 0.189 e. The average molecular weight is 283 g/mol. The first-order valence-corrected chi connectivity index (χ1v) is 7.45. The molecule has 0 heterocycles. The van der Waals surface area contributed by atoms with Crippen LogP contribution in [0.25, 0.3) is 0 Å². The molecule has 0 fully saturated rings. The molecule has 21 heavy (non-hydrogen) atoms. The second-order valence-corrected chi connectivity index (χ2v) is 5.41. The van der Waals surface area contributed by atoms with Gasteiger partial charge in [-0.1, -0.05) is 44.0 Å². The predicted octanol–water partition coefficient (Wildman–Crippen LogP) is 2.81. The molecule has 0 unspecified atom stereocenters. The Bertz CT molecular complexity index is 583. The summed E-state index contributed by atoms with van der Waals surface area (Å²) in [5.74, 6) is 5.63. The molecule has 1 aliphatic rings. The molecule has 1 aromatic rings. The number of ketones is 2. The Morgan fingerprint density at radius 1 is 1.05 bits per heavy atom. The van der Waals surface area contributed by atoms with Gasteiger partial charge >= 0.3 is 0 Å². The highest BCUT2D eigenvalue weighted by atomic mass is 16.2. The first-order valence-electron chi connectivity index (χ1n) is 7.45. The summed E-state index contributed by atoms with van der Waals surface area (Å²) >= 11 is 0. The minimum atomic E-state index is -1.20. The van der Waals surface area contributed by atoms with Gasteiger partial charge in [0, 0.05) is 24.1 Å². The van der Waals surface area contributed by atoms with Crippen molar-refractivity contribution in [3.05, 3.63) is 35.4 Å². The van der Waals surface area contributed by atoms with Crippen molar-refractivity contribution in [3.63, 3.8) is 0 Å². The number of Topliss-reactive ketones (excluding diaryl/α,β-unsaturated/α-hetero) is 2. The van der Waals surface area contributed by atoms with Crippen LogP contribution in [0.3, 0.4) is 0 Å². The Balaban J connectivity index is 2.15. The summed E-state index contributed by atoms with van der Waals surface area (Å²) in [5, 5.41) is 0. The van der Waals surface area contributed by atoms with Crippen LogP contribution >= 0.6 is 0 Å². The highest BCUT2D eigenvalue weighted by molar-refractivity contribution is 6.31. The molecule has 0 aromatic heterocycles. The molecule has 0 atom stereocenters. The van der Waals surface area contributed by atoms with E-state index in [0.29, 0.717) is 17.5 Å². The molecule has 0 aliphatic heterocycles. The Morgan fingerprint density at radius 2 is 1.57 bits per heavy atom. The summed E-state index contributed by atoms with van der Waals surface area (Å²) in [4.78, 5) is 27.1. The van der Waals surface area contributed by atoms with Crippen LogP contribution in [0.15, 0.2) is 24.3 Å². The Hall–Kier alpha value is -1.92. The molecule has 0 bridgehead atoms. The van der Waals surface area contributed by atoms with Crippen molar-refractivity contribution in [2.45, 2.75) is 27.2 Å². The lowest BCUT2D eigenvalue weighted by Gasteiger charge is -2.16. The third-order valence-corrected chi connectivity index (χ3v) is 4.11. The van der Waals surface area contributed by atoms with Gasteiger partial charge in [0.1, 0.15) is 0 Å². The van der Waals surface area contributed by atoms with Crippen LogP contribution in [0.5, 0.6) is 0 Å². The van der Waals surface area contributed by atoms with Crippen molar-refractivity contribution >= 4 is 11.6 Å². The number of carbonyl (C=O) groups is 2. The molecular weight excluding hydrogens is 262 g/mol. The molecular formula is C18H21NO2. The lowest BCUT2D eigenvalue weighted by atomic mass is 9.85. The van der Waals surface area contributed by atoms with Crippen LogP contribution in [0.4, 0.5) is 0 Å². The van der Waals surface area contributed by atoms with Crippen molar-refractivity contribution in [2.24, 2.45) is 5.41 Å². The zero-order chi connectivity index (χ0) is 15.5. The van der Waals surface area contributed by atoms with Crippen molar-refractivity contribution in [2.75, 3.05) is 19.6 Å². The number of rotatable bonds is 4. The quantitative estimate of drug-likeness (QED) is 0.630. The van der Waals surface area contributed by atoms with E-state index in [1.807, 2.05) is 0 Å². The van der Waals surface area contributed by atoms with Crippen molar-refractivity contribution < 1.29 is 9.59 Å². The van der Waals surface area contributed by atoms with Gasteiger partial charge in [0.15, 0.2) is 17.0 Å². The molecule has 3 nitrogen and oxygen atoms in total. The van der Waals surface area contributed by atoms with Crippen LogP contribution < -0.4 is 0 Å². The molecule has 1 aromatic carbocycles. The van der Waals surface area contributed by atoms with Gasteiger partial charge in [-0.05, 0) is 20.0 Å². The number of fused-ring (bicyclic) bond motifs is 1. The van der Waals surface area contributed by atoms with E-state index in [-0.39, 0.29) is 11.6 Å². The largest absolute Gasteiger partial charge is 0.303 e. The van der Waals surface area contributed by atoms with E-state index >= 15 is 0 Å². The third kappa shape index (κ3) is 2.77. The summed E-state index contributed by atoms with van der Waals surface area (Å²) in [6.45, 7) is 8.70. The van der Waals surface area contributed by atoms with Crippen LogP contribution in [0, 0.1) is 17.3 Å². The molecule has 110 valence electrons. The maximum absolute atomic E-state index is 12.4. The highest BCUT2D eigenvalue weighted by Crippen LogP contribution is 2.35. The number of nitrogens with zero attached hydrogens (tertiary/aromatic N) is 1. The number of hydrogen-bond acceptors (Lipinski definition) is 3. The van der Waals surface area contributed by atoms with E-state index in [1.54, 1.807) is 31.2 Å². The fourth-order valence-electron chi connectivity index (χ4n) is 2.63. The lowest BCUT2D eigenvalue weighted by Crippen LogP contribution is -2.28. The summed E-state index contributed by atoms with van der Waals surface area (Å²) in [7, 11) is 0. The van der Waals surface area contributed by atoms with Gasteiger partial charge in [0.25, 0.3) is 0 Å². The fourth-order valence-corrected chi connectivity index (χ4v) is 2.63. The van der Waals surface area contributed by atoms with Gasteiger partial charge in [-0.15, -0.1) is 5.92 Å². The molecule has 0 spiro atoms. The fraction of sp³-hybridized carbons (Fsp3) is 0.444. The van der Waals surface area contributed by atoms with Crippen molar-refractivity contribution in [3.8, 4) is 11.8 Å². The van der Waals surface area contributed by atoms with E-state index in [9.17, 15) is 9.59 Å². The number of benzene rings is 1. The van der Waals surface area contributed by atoms with Crippen LogP contribution in [0.2, 0.25) is 0 Å². The van der Waals surface area contributed by atoms with Crippen molar-refractivity contribution in [1.82, 2.24) is 4.90 Å². The van der Waals surface area contributed by atoms with Gasteiger partial charge < -0.3 is 4.90 Å². The summed E-state index contributed by atoms with van der Waals surface area (Å²) in [6.07, 6.45) is 0.675. The zero-order valence-electron chi connectivity index (χ0n) is 12.9. The molecule has 0 saturated heterocycles. The molecule has 0 N–H and O–H groups in total. The predicted molar refractivity (Wildman–Crippen MR) is 83.4 cm³/mol. The maximum atomic E-state index is 12.4. The van der Waals surface area contributed by atoms with E-state index in [4.69, 9.17) is 0 Å². The second-order valence-electron chi connectivity index (χ2n) is 5.41. The summed E-state index contributed by atoms with van der Waals surface area (Å²) in [5.41, 5.74) is -0.196. The monoisotopic (exact) mass is 283 g/mol. The summed E-state index contributed by atoms with van der Waals surface area (Å²) < 4.78 is 0. The normalized spacial score (nSPS) is 15.8. The Labute approximate surface area is 126 Å². The van der Waals surface area contributed by atoms with Gasteiger partial charge in [0.05, 0.1) is 0 Å². The van der Waals surface area contributed by atoms with Gasteiger partial charge in [-0.2, -0.15) is 0 Å². The smallest absolute Gasteiger partial charge is 0.189 e. The minimum absolute atomic E-state index is 0.168. The topological polar surface area (TPSA) is 37.4 Å².